The van der Waals surface area contributed by atoms with Crippen molar-refractivity contribution in [1.29, 1.82) is 5.26 Å². The van der Waals surface area contributed by atoms with Gasteiger partial charge in [-0.2, -0.15) is 5.26 Å². The molecule has 4 amide bonds. The first kappa shape index (κ1) is 20.7. The highest BCUT2D eigenvalue weighted by atomic mass is 16.5. The number of carbonyl (C=O) groups is 3. The van der Waals surface area contributed by atoms with E-state index < -0.39 is 17.8 Å². The van der Waals surface area contributed by atoms with Crippen LogP contribution in [0.25, 0.3) is 6.08 Å². The lowest BCUT2D eigenvalue weighted by Crippen LogP contribution is -2.63. The minimum absolute atomic E-state index is 0.0545. The van der Waals surface area contributed by atoms with Crippen LogP contribution in [0, 0.1) is 34.5 Å². The summed E-state index contributed by atoms with van der Waals surface area (Å²) in [5.41, 5.74) is 0.369. The molecule has 5 fully saturated rings. The molecule has 166 valence electrons. The summed E-state index contributed by atoms with van der Waals surface area (Å²) in [7, 11) is 0. The topological polar surface area (TPSA) is 99.5 Å². The van der Waals surface area contributed by atoms with Crippen LogP contribution in [0.2, 0.25) is 0 Å². The van der Waals surface area contributed by atoms with Crippen molar-refractivity contribution in [3.8, 4) is 11.8 Å². The van der Waals surface area contributed by atoms with Gasteiger partial charge in [-0.25, -0.2) is 4.79 Å². The number of barbiturate groups is 1. The van der Waals surface area contributed by atoms with Gasteiger partial charge in [-0.3, -0.25) is 19.8 Å². The summed E-state index contributed by atoms with van der Waals surface area (Å²) in [4.78, 5) is 40.2. The molecule has 32 heavy (non-hydrogen) atoms. The van der Waals surface area contributed by atoms with Gasteiger partial charge in [-0.15, -0.1) is 0 Å². The SMILES string of the molecule is C[C@H](N1C(=O)NC(=O)/C(=C\c2ccccc2OCC#N)C1=O)C12CC3CC(CC(C3)C1)C2. The quantitative estimate of drug-likeness (QED) is 0.564. The van der Waals surface area contributed by atoms with Crippen molar-refractivity contribution in [3.63, 3.8) is 0 Å². The molecule has 1 aromatic rings. The van der Waals surface area contributed by atoms with E-state index in [9.17, 15) is 14.4 Å². The van der Waals surface area contributed by atoms with Crippen LogP contribution in [0.15, 0.2) is 29.8 Å². The number of nitrogens with one attached hydrogen (secondary N) is 1. The number of hydrogen-bond acceptors (Lipinski definition) is 5. The molecule has 1 N–H and O–H groups in total. The third-order valence-electron chi connectivity index (χ3n) is 8.00. The Kier molecular flexibility index (Phi) is 5.04. The monoisotopic (exact) mass is 433 g/mol. The number of hydrogen-bond donors (Lipinski definition) is 1. The van der Waals surface area contributed by atoms with E-state index in [2.05, 4.69) is 5.32 Å². The standard InChI is InChI=1S/C25H27N3O4/c1-15(25-12-16-8-17(13-25)10-18(9-16)14-25)28-23(30)20(22(29)27-24(28)31)11-19-4-2-3-5-21(19)32-7-6-26/h2-5,11,15-18H,7-10,12-14H2,1H3,(H,27,29,31)/b20-11+/t15-,16?,17?,18?,25?/m0/s1. The van der Waals surface area contributed by atoms with E-state index in [-0.39, 0.29) is 23.6 Å². The smallest absolute Gasteiger partial charge is 0.331 e. The largest absolute Gasteiger partial charge is 0.478 e. The Morgan fingerprint density at radius 3 is 2.41 bits per heavy atom. The summed E-state index contributed by atoms with van der Waals surface area (Å²) in [6.45, 7) is 1.83. The number of amides is 4. The van der Waals surface area contributed by atoms with Crippen molar-refractivity contribution < 1.29 is 19.1 Å². The molecular formula is C25H27N3O4. The minimum atomic E-state index is -0.705. The van der Waals surface area contributed by atoms with Crippen LogP contribution in [0.4, 0.5) is 4.79 Å². The molecule has 0 aromatic heterocycles. The fraction of sp³-hybridized carbons (Fsp3) is 0.520. The molecule has 0 spiro atoms. The second-order valence-electron chi connectivity index (χ2n) is 9.93. The van der Waals surface area contributed by atoms with Crippen molar-refractivity contribution >= 4 is 23.9 Å². The van der Waals surface area contributed by atoms with Crippen molar-refractivity contribution in [1.82, 2.24) is 10.2 Å². The average Bonchev–Trinajstić information content (AvgIpc) is 2.74. The van der Waals surface area contributed by atoms with Gasteiger partial charge in [-0.05, 0) is 80.8 Å². The van der Waals surface area contributed by atoms with Gasteiger partial charge in [0.25, 0.3) is 11.8 Å². The van der Waals surface area contributed by atoms with Crippen molar-refractivity contribution in [2.75, 3.05) is 6.61 Å². The van der Waals surface area contributed by atoms with Gasteiger partial charge in [0.1, 0.15) is 17.4 Å². The lowest BCUT2D eigenvalue weighted by molar-refractivity contribution is -0.139. The fourth-order valence-corrected chi connectivity index (χ4v) is 6.98. The number of para-hydroxylation sites is 1. The van der Waals surface area contributed by atoms with Gasteiger partial charge in [-0.1, -0.05) is 18.2 Å². The van der Waals surface area contributed by atoms with Gasteiger partial charge >= 0.3 is 6.03 Å². The summed E-state index contributed by atoms with van der Waals surface area (Å²) in [5, 5.41) is 11.2. The second kappa shape index (κ2) is 7.77. The van der Waals surface area contributed by atoms with Crippen molar-refractivity contribution in [3.05, 3.63) is 35.4 Å². The highest BCUT2D eigenvalue weighted by Gasteiger charge is 2.56. The molecule has 0 radical (unpaired) electrons. The molecule has 7 nitrogen and oxygen atoms in total. The highest BCUT2D eigenvalue weighted by Crippen LogP contribution is 2.62. The van der Waals surface area contributed by atoms with Crippen LogP contribution in [-0.2, 0) is 9.59 Å². The maximum atomic E-state index is 13.5. The Hall–Kier alpha value is -3.14. The molecule has 0 unspecified atom stereocenters. The number of urea groups is 1. The Bertz CT molecular complexity index is 1020. The van der Waals surface area contributed by atoms with Crippen LogP contribution >= 0.6 is 0 Å². The molecule has 4 aliphatic carbocycles. The zero-order chi connectivity index (χ0) is 22.5. The van der Waals surface area contributed by atoms with Gasteiger partial charge in [0.2, 0.25) is 0 Å². The van der Waals surface area contributed by atoms with Gasteiger partial charge in [0, 0.05) is 11.6 Å². The van der Waals surface area contributed by atoms with E-state index in [0.717, 1.165) is 19.3 Å². The minimum Gasteiger partial charge on any atom is -0.478 e. The van der Waals surface area contributed by atoms with Crippen LogP contribution in [0.5, 0.6) is 5.75 Å². The van der Waals surface area contributed by atoms with E-state index in [1.165, 1.54) is 30.2 Å². The Labute approximate surface area is 187 Å². The summed E-state index contributed by atoms with van der Waals surface area (Å²) in [6, 6.07) is 7.91. The van der Waals surface area contributed by atoms with Crippen LogP contribution in [0.1, 0.15) is 51.0 Å². The first-order valence-electron chi connectivity index (χ1n) is 11.4. The predicted octanol–water partition coefficient (Wildman–Crippen LogP) is 3.66. The fourth-order valence-electron chi connectivity index (χ4n) is 6.98. The molecule has 1 atom stereocenters. The Morgan fingerprint density at radius 1 is 1.16 bits per heavy atom. The molecular weight excluding hydrogens is 406 g/mol. The number of nitrogens with zero attached hydrogens (tertiary/aromatic N) is 2. The van der Waals surface area contributed by atoms with E-state index >= 15 is 0 Å². The van der Waals surface area contributed by atoms with Gasteiger partial charge in [0.05, 0.1) is 0 Å². The third-order valence-corrected chi connectivity index (χ3v) is 8.00. The summed E-state index contributed by atoms with van der Waals surface area (Å²) < 4.78 is 5.43. The number of rotatable bonds is 5. The normalized spacial score (nSPS) is 33.2. The lowest BCUT2D eigenvalue weighted by atomic mass is 9.47. The number of carbonyl (C=O) groups excluding carboxylic acids is 3. The first-order chi connectivity index (χ1) is 15.4. The lowest BCUT2D eigenvalue weighted by Gasteiger charge is -2.60. The Balaban J connectivity index is 1.46. The molecule has 1 aliphatic heterocycles. The number of ether oxygens (including phenoxy) is 1. The molecule has 6 rings (SSSR count). The number of benzene rings is 1. The van der Waals surface area contributed by atoms with E-state index in [0.29, 0.717) is 29.1 Å². The summed E-state index contributed by atoms with van der Waals surface area (Å²) in [5.74, 6) is 1.20. The van der Waals surface area contributed by atoms with E-state index in [1.807, 2.05) is 13.0 Å². The maximum absolute atomic E-state index is 13.5. The Morgan fingerprint density at radius 2 is 1.78 bits per heavy atom. The number of nitriles is 1. The predicted molar refractivity (Wildman–Crippen MR) is 116 cm³/mol. The molecule has 1 aromatic carbocycles. The van der Waals surface area contributed by atoms with Crippen LogP contribution in [0.3, 0.4) is 0 Å². The third kappa shape index (κ3) is 3.38. The molecule has 7 heteroatoms. The van der Waals surface area contributed by atoms with Gasteiger partial charge in [0.15, 0.2) is 6.61 Å². The zero-order valence-electron chi connectivity index (χ0n) is 18.2. The van der Waals surface area contributed by atoms with E-state index in [4.69, 9.17) is 10.00 Å². The van der Waals surface area contributed by atoms with Gasteiger partial charge < -0.3 is 4.74 Å². The number of imide groups is 2. The van der Waals surface area contributed by atoms with Crippen molar-refractivity contribution in [2.45, 2.75) is 51.5 Å². The average molecular weight is 434 g/mol. The molecule has 1 heterocycles. The molecule has 5 aliphatic rings. The summed E-state index contributed by atoms with van der Waals surface area (Å²) in [6.07, 6.45) is 8.43. The summed E-state index contributed by atoms with van der Waals surface area (Å²) >= 11 is 0. The second-order valence-corrected chi connectivity index (χ2v) is 9.93. The van der Waals surface area contributed by atoms with Crippen molar-refractivity contribution in [2.24, 2.45) is 23.2 Å². The van der Waals surface area contributed by atoms with E-state index in [1.54, 1.807) is 24.3 Å². The maximum Gasteiger partial charge on any atom is 0.331 e. The highest BCUT2D eigenvalue weighted by molar-refractivity contribution is 6.31. The van der Waals surface area contributed by atoms with Crippen LogP contribution < -0.4 is 10.1 Å². The first-order valence-corrected chi connectivity index (χ1v) is 11.4. The molecule has 4 bridgehead atoms. The zero-order valence-corrected chi connectivity index (χ0v) is 18.2. The molecule has 1 saturated heterocycles. The molecule has 4 saturated carbocycles. The van der Waals surface area contributed by atoms with Crippen LogP contribution in [-0.4, -0.2) is 35.4 Å².